The lowest BCUT2D eigenvalue weighted by atomic mass is 10.2. The van der Waals surface area contributed by atoms with Gasteiger partial charge in [-0.1, -0.05) is 35.2 Å². The Balaban J connectivity index is 1.52. The summed E-state index contributed by atoms with van der Waals surface area (Å²) in [7, 11) is 1.68. The maximum Gasteiger partial charge on any atom is 0.233 e. The number of anilines is 1. The van der Waals surface area contributed by atoms with Crippen LogP contribution in [0.2, 0.25) is 0 Å². The third-order valence-electron chi connectivity index (χ3n) is 3.72. The Morgan fingerprint density at radius 3 is 2.78 bits per heavy atom. The zero-order chi connectivity index (χ0) is 16.1. The fourth-order valence-corrected chi connectivity index (χ4v) is 3.92. The summed E-state index contributed by atoms with van der Waals surface area (Å²) in [6, 6.07) is 7.99. The summed E-state index contributed by atoms with van der Waals surface area (Å²) in [6.45, 7) is 3.09. The summed E-state index contributed by atoms with van der Waals surface area (Å²) >= 11 is 2.91. The van der Waals surface area contributed by atoms with Crippen molar-refractivity contribution in [3.8, 4) is 5.75 Å². The standard InChI is InChI=1S/C15H18N4O2S2/c1-21-13-5-3-2-4-12(13)18-6-8-19(9-7-18)14(20)10-22-15-17-16-11-23-15/h2-5,11H,6-10H2,1H3. The van der Waals surface area contributed by atoms with Crippen LogP contribution in [0.15, 0.2) is 34.1 Å². The molecule has 122 valence electrons. The van der Waals surface area contributed by atoms with Crippen LogP contribution in [0.25, 0.3) is 0 Å². The number of nitrogens with zero attached hydrogens (tertiary/aromatic N) is 4. The molecule has 6 nitrogen and oxygen atoms in total. The topological polar surface area (TPSA) is 58.6 Å². The van der Waals surface area contributed by atoms with E-state index in [9.17, 15) is 4.79 Å². The van der Waals surface area contributed by atoms with Crippen LogP contribution in [0.3, 0.4) is 0 Å². The van der Waals surface area contributed by atoms with E-state index in [1.54, 1.807) is 12.6 Å². The Labute approximate surface area is 143 Å². The van der Waals surface area contributed by atoms with Crippen molar-refractivity contribution in [1.29, 1.82) is 0 Å². The van der Waals surface area contributed by atoms with Crippen LogP contribution >= 0.6 is 23.1 Å². The molecule has 0 N–H and O–H groups in total. The molecule has 2 heterocycles. The SMILES string of the molecule is COc1ccccc1N1CCN(C(=O)CSc2nncs2)CC1. The van der Waals surface area contributed by atoms with Gasteiger partial charge in [-0.25, -0.2) is 0 Å². The number of amides is 1. The van der Waals surface area contributed by atoms with Crippen molar-refractivity contribution in [1.82, 2.24) is 15.1 Å². The van der Waals surface area contributed by atoms with Gasteiger partial charge in [0.1, 0.15) is 11.3 Å². The number of hydrogen-bond acceptors (Lipinski definition) is 7. The first kappa shape index (κ1) is 16.1. The average molecular weight is 350 g/mol. The fourth-order valence-electron chi connectivity index (χ4n) is 2.53. The van der Waals surface area contributed by atoms with E-state index in [0.717, 1.165) is 42.0 Å². The predicted octanol–water partition coefficient (Wildman–Crippen LogP) is 1.99. The maximum atomic E-state index is 12.3. The van der Waals surface area contributed by atoms with E-state index in [2.05, 4.69) is 21.2 Å². The Kier molecular flexibility index (Phi) is 5.35. The monoisotopic (exact) mass is 350 g/mol. The molecule has 1 saturated heterocycles. The van der Waals surface area contributed by atoms with Crippen LogP contribution in [0, 0.1) is 0 Å². The molecule has 3 rings (SSSR count). The van der Waals surface area contributed by atoms with Crippen molar-refractivity contribution in [2.24, 2.45) is 0 Å². The van der Waals surface area contributed by atoms with Gasteiger partial charge in [0.15, 0.2) is 4.34 Å². The Hall–Kier alpha value is -1.80. The molecule has 1 amide bonds. The first-order valence-corrected chi connectivity index (χ1v) is 9.19. The number of thioether (sulfide) groups is 1. The van der Waals surface area contributed by atoms with Crippen molar-refractivity contribution >= 4 is 34.7 Å². The van der Waals surface area contributed by atoms with E-state index in [4.69, 9.17) is 4.74 Å². The summed E-state index contributed by atoms with van der Waals surface area (Å²) in [5, 5.41) is 7.72. The number of methoxy groups -OCH3 is 1. The lowest BCUT2D eigenvalue weighted by Crippen LogP contribution is -2.49. The number of aromatic nitrogens is 2. The van der Waals surface area contributed by atoms with Gasteiger partial charge in [-0.3, -0.25) is 4.79 Å². The normalized spacial score (nSPS) is 14.8. The molecule has 0 radical (unpaired) electrons. The summed E-state index contributed by atoms with van der Waals surface area (Å²) in [5.41, 5.74) is 2.77. The molecular formula is C15H18N4O2S2. The van der Waals surface area contributed by atoms with E-state index in [1.807, 2.05) is 23.1 Å². The van der Waals surface area contributed by atoms with Crippen LogP contribution in [0.5, 0.6) is 5.75 Å². The minimum absolute atomic E-state index is 0.157. The highest BCUT2D eigenvalue weighted by molar-refractivity contribution is 8.01. The third-order valence-corrected chi connectivity index (χ3v) is 5.56. The van der Waals surface area contributed by atoms with Crippen LogP contribution in [0.1, 0.15) is 0 Å². The Morgan fingerprint density at radius 1 is 1.30 bits per heavy atom. The van der Waals surface area contributed by atoms with Crippen molar-refractivity contribution in [2.45, 2.75) is 4.34 Å². The van der Waals surface area contributed by atoms with Gasteiger partial charge >= 0.3 is 0 Å². The number of ether oxygens (including phenoxy) is 1. The van der Waals surface area contributed by atoms with E-state index >= 15 is 0 Å². The number of benzene rings is 1. The zero-order valence-corrected chi connectivity index (χ0v) is 14.5. The summed E-state index contributed by atoms with van der Waals surface area (Å²) < 4.78 is 6.25. The van der Waals surface area contributed by atoms with Gasteiger partial charge in [-0.2, -0.15) is 0 Å². The number of piperazine rings is 1. The molecule has 1 aliphatic rings. The second-order valence-electron chi connectivity index (χ2n) is 5.03. The van der Waals surface area contributed by atoms with Crippen molar-refractivity contribution in [3.63, 3.8) is 0 Å². The van der Waals surface area contributed by atoms with E-state index in [1.165, 1.54) is 23.1 Å². The number of carbonyl (C=O) groups excluding carboxylic acids is 1. The number of rotatable bonds is 5. The van der Waals surface area contributed by atoms with Crippen LogP contribution < -0.4 is 9.64 Å². The quantitative estimate of drug-likeness (QED) is 0.769. The van der Waals surface area contributed by atoms with E-state index in [0.29, 0.717) is 5.75 Å². The van der Waals surface area contributed by atoms with Crippen LogP contribution in [0.4, 0.5) is 5.69 Å². The number of carbonyl (C=O) groups is 1. The van der Waals surface area contributed by atoms with E-state index < -0.39 is 0 Å². The lowest BCUT2D eigenvalue weighted by molar-refractivity contribution is -0.128. The van der Waals surface area contributed by atoms with Gasteiger partial charge in [-0.05, 0) is 12.1 Å². The first-order valence-electron chi connectivity index (χ1n) is 7.32. The minimum atomic E-state index is 0.157. The molecule has 0 atom stereocenters. The maximum absolute atomic E-state index is 12.3. The van der Waals surface area contributed by atoms with Crippen molar-refractivity contribution < 1.29 is 9.53 Å². The molecule has 1 aromatic heterocycles. The average Bonchev–Trinajstić information content (AvgIpc) is 3.13. The molecule has 2 aromatic rings. The zero-order valence-electron chi connectivity index (χ0n) is 12.8. The second-order valence-corrected chi connectivity index (χ2v) is 7.09. The highest BCUT2D eigenvalue weighted by Crippen LogP contribution is 2.28. The molecule has 1 fully saturated rings. The second kappa shape index (κ2) is 7.65. The predicted molar refractivity (Wildman–Crippen MR) is 92.4 cm³/mol. The van der Waals surface area contributed by atoms with Crippen molar-refractivity contribution in [2.75, 3.05) is 43.9 Å². The largest absolute Gasteiger partial charge is 0.495 e. The lowest BCUT2D eigenvalue weighted by Gasteiger charge is -2.36. The molecule has 0 aliphatic carbocycles. The first-order chi connectivity index (χ1) is 11.3. The molecule has 1 aliphatic heterocycles. The number of hydrogen-bond donors (Lipinski definition) is 0. The Morgan fingerprint density at radius 2 is 2.09 bits per heavy atom. The van der Waals surface area contributed by atoms with Crippen molar-refractivity contribution in [3.05, 3.63) is 29.8 Å². The summed E-state index contributed by atoms with van der Waals surface area (Å²) in [5.74, 6) is 1.45. The molecule has 8 heteroatoms. The fraction of sp³-hybridized carbons (Fsp3) is 0.400. The Bertz CT molecular complexity index is 643. The van der Waals surface area contributed by atoms with E-state index in [-0.39, 0.29) is 5.91 Å². The van der Waals surface area contributed by atoms with Crippen LogP contribution in [-0.2, 0) is 4.79 Å². The summed E-state index contributed by atoms with van der Waals surface area (Å²) in [4.78, 5) is 16.5. The molecule has 0 unspecified atom stereocenters. The highest BCUT2D eigenvalue weighted by Gasteiger charge is 2.22. The molecule has 1 aromatic carbocycles. The molecule has 0 saturated carbocycles. The van der Waals surface area contributed by atoms with Gasteiger partial charge in [-0.15, -0.1) is 10.2 Å². The molecular weight excluding hydrogens is 332 g/mol. The summed E-state index contributed by atoms with van der Waals surface area (Å²) in [6.07, 6.45) is 0. The van der Waals surface area contributed by atoms with Gasteiger partial charge in [0, 0.05) is 26.2 Å². The number of para-hydroxylation sites is 2. The van der Waals surface area contributed by atoms with Gasteiger partial charge in [0.05, 0.1) is 18.6 Å². The van der Waals surface area contributed by atoms with Crippen LogP contribution in [-0.4, -0.2) is 60.0 Å². The molecule has 23 heavy (non-hydrogen) atoms. The minimum Gasteiger partial charge on any atom is -0.495 e. The van der Waals surface area contributed by atoms with Gasteiger partial charge in [0.25, 0.3) is 0 Å². The van der Waals surface area contributed by atoms with Gasteiger partial charge in [0.2, 0.25) is 5.91 Å². The molecule has 0 spiro atoms. The smallest absolute Gasteiger partial charge is 0.233 e. The third kappa shape index (κ3) is 3.94. The molecule has 0 bridgehead atoms. The van der Waals surface area contributed by atoms with Gasteiger partial charge < -0.3 is 14.5 Å². The highest BCUT2D eigenvalue weighted by atomic mass is 32.2.